The zero-order chi connectivity index (χ0) is 23.8. The molecular formula is C24H29N3O5S. The standard InChI is InChI=1S/C24H29N3O5S/c1-4-32-20-9-7-19(8-10-20)25-23(28)15-26(3)33(30,31)21-11-12-22-18(14-21)13-16(2)27(22)24(29)17-5-6-17/h7-12,14,16-17H,4-6,13,15H2,1-3H3,(H,25,28). The minimum atomic E-state index is -3.87. The van der Waals surface area contributed by atoms with Crippen LogP contribution in [0.2, 0.25) is 0 Å². The normalized spacial score (nSPS) is 17.7. The van der Waals surface area contributed by atoms with E-state index in [4.69, 9.17) is 4.74 Å². The molecule has 1 unspecified atom stereocenters. The van der Waals surface area contributed by atoms with Gasteiger partial charge in [-0.1, -0.05) is 0 Å². The summed E-state index contributed by atoms with van der Waals surface area (Å²) in [5, 5.41) is 2.70. The van der Waals surface area contributed by atoms with Crippen LogP contribution in [0, 0.1) is 5.92 Å². The maximum absolute atomic E-state index is 13.1. The van der Waals surface area contributed by atoms with E-state index >= 15 is 0 Å². The Morgan fingerprint density at radius 3 is 2.48 bits per heavy atom. The smallest absolute Gasteiger partial charge is 0.243 e. The van der Waals surface area contributed by atoms with Crippen molar-refractivity contribution >= 4 is 33.2 Å². The van der Waals surface area contributed by atoms with Gasteiger partial charge in [0.05, 0.1) is 18.0 Å². The fraction of sp³-hybridized carbons (Fsp3) is 0.417. The van der Waals surface area contributed by atoms with Crippen molar-refractivity contribution in [2.45, 2.75) is 44.0 Å². The second-order valence-corrected chi connectivity index (χ2v) is 10.6. The van der Waals surface area contributed by atoms with Gasteiger partial charge >= 0.3 is 0 Å². The van der Waals surface area contributed by atoms with Gasteiger partial charge in [-0.15, -0.1) is 0 Å². The molecule has 1 atom stereocenters. The molecule has 2 aliphatic rings. The van der Waals surface area contributed by atoms with Gasteiger partial charge in [-0.3, -0.25) is 9.59 Å². The van der Waals surface area contributed by atoms with E-state index in [-0.39, 0.29) is 29.3 Å². The van der Waals surface area contributed by atoms with E-state index in [0.717, 1.165) is 28.4 Å². The number of hydrogen-bond acceptors (Lipinski definition) is 5. The summed E-state index contributed by atoms with van der Waals surface area (Å²) >= 11 is 0. The van der Waals surface area contributed by atoms with E-state index in [2.05, 4.69) is 5.32 Å². The average Bonchev–Trinajstić information content (AvgIpc) is 3.56. The lowest BCUT2D eigenvalue weighted by molar-refractivity contribution is -0.120. The summed E-state index contributed by atoms with van der Waals surface area (Å²) in [6.07, 6.45) is 2.46. The number of nitrogens with zero attached hydrogens (tertiary/aromatic N) is 2. The molecule has 9 heteroatoms. The van der Waals surface area contributed by atoms with E-state index in [1.807, 2.05) is 13.8 Å². The number of sulfonamides is 1. The number of rotatable bonds is 8. The van der Waals surface area contributed by atoms with Crippen LogP contribution in [0.15, 0.2) is 47.4 Å². The monoisotopic (exact) mass is 471 g/mol. The van der Waals surface area contributed by atoms with Crippen molar-refractivity contribution in [3.8, 4) is 5.75 Å². The molecule has 0 bridgehead atoms. The molecule has 2 amide bonds. The maximum Gasteiger partial charge on any atom is 0.243 e. The first-order chi connectivity index (χ1) is 15.7. The van der Waals surface area contributed by atoms with Crippen molar-refractivity contribution in [1.82, 2.24) is 4.31 Å². The first-order valence-electron chi connectivity index (χ1n) is 11.2. The number of carbonyl (C=O) groups is 2. The van der Waals surface area contributed by atoms with Gasteiger partial charge in [0, 0.05) is 30.4 Å². The SMILES string of the molecule is CCOc1ccc(NC(=O)CN(C)S(=O)(=O)c2ccc3c(c2)CC(C)N3C(=O)C2CC2)cc1. The number of amides is 2. The minimum Gasteiger partial charge on any atom is -0.494 e. The third-order valence-corrected chi connectivity index (χ3v) is 7.75. The summed E-state index contributed by atoms with van der Waals surface area (Å²) in [6.45, 7) is 4.09. The van der Waals surface area contributed by atoms with Crippen LogP contribution in [0.25, 0.3) is 0 Å². The first-order valence-corrected chi connectivity index (χ1v) is 12.6. The molecule has 176 valence electrons. The molecule has 8 nitrogen and oxygen atoms in total. The molecule has 1 saturated carbocycles. The van der Waals surface area contributed by atoms with Gasteiger partial charge in [-0.25, -0.2) is 8.42 Å². The average molecular weight is 472 g/mol. The topological polar surface area (TPSA) is 96.0 Å². The summed E-state index contributed by atoms with van der Waals surface area (Å²) in [4.78, 5) is 27.0. The van der Waals surface area contributed by atoms with Crippen LogP contribution in [0.5, 0.6) is 5.75 Å². The molecule has 1 fully saturated rings. The molecule has 1 aliphatic heterocycles. The van der Waals surface area contributed by atoms with Gasteiger partial charge in [0.1, 0.15) is 5.75 Å². The Labute approximate surface area is 194 Å². The van der Waals surface area contributed by atoms with E-state index < -0.39 is 15.9 Å². The van der Waals surface area contributed by atoms with Crippen LogP contribution in [0.4, 0.5) is 11.4 Å². The number of hydrogen-bond donors (Lipinski definition) is 1. The summed E-state index contributed by atoms with van der Waals surface area (Å²) in [5.74, 6) is 0.474. The van der Waals surface area contributed by atoms with E-state index in [9.17, 15) is 18.0 Å². The van der Waals surface area contributed by atoms with Gasteiger partial charge in [0.25, 0.3) is 0 Å². The van der Waals surface area contributed by atoms with Crippen molar-refractivity contribution in [3.05, 3.63) is 48.0 Å². The summed E-state index contributed by atoms with van der Waals surface area (Å²) in [6, 6.07) is 11.7. The van der Waals surface area contributed by atoms with Gasteiger partial charge in [0.2, 0.25) is 21.8 Å². The number of benzene rings is 2. The molecule has 1 aliphatic carbocycles. The Morgan fingerprint density at radius 2 is 1.85 bits per heavy atom. The highest BCUT2D eigenvalue weighted by atomic mass is 32.2. The maximum atomic E-state index is 13.1. The Bertz CT molecular complexity index is 1160. The second-order valence-electron chi connectivity index (χ2n) is 8.59. The number of likely N-dealkylation sites (N-methyl/N-ethyl adjacent to an activating group) is 1. The molecule has 4 rings (SSSR count). The number of ether oxygens (including phenoxy) is 1. The zero-order valence-electron chi connectivity index (χ0n) is 19.1. The molecule has 0 aromatic heterocycles. The highest BCUT2D eigenvalue weighted by Crippen LogP contribution is 2.39. The largest absolute Gasteiger partial charge is 0.494 e. The first kappa shape index (κ1) is 23.3. The van der Waals surface area contributed by atoms with E-state index in [0.29, 0.717) is 24.5 Å². The third kappa shape index (κ3) is 4.89. The van der Waals surface area contributed by atoms with Gasteiger partial charge < -0.3 is 15.0 Å². The van der Waals surface area contributed by atoms with Crippen molar-refractivity contribution in [2.24, 2.45) is 5.92 Å². The Hall–Kier alpha value is -2.91. The number of fused-ring (bicyclic) bond motifs is 1. The molecule has 2 aromatic rings. The van der Waals surface area contributed by atoms with Crippen LogP contribution >= 0.6 is 0 Å². The van der Waals surface area contributed by atoms with Crippen LogP contribution in [-0.4, -0.2) is 50.8 Å². The van der Waals surface area contributed by atoms with Crippen molar-refractivity contribution in [2.75, 3.05) is 30.4 Å². The predicted molar refractivity (Wildman–Crippen MR) is 126 cm³/mol. The summed E-state index contributed by atoms with van der Waals surface area (Å²) in [7, 11) is -2.49. The van der Waals surface area contributed by atoms with Crippen molar-refractivity contribution in [3.63, 3.8) is 0 Å². The van der Waals surface area contributed by atoms with Crippen molar-refractivity contribution < 1.29 is 22.7 Å². The van der Waals surface area contributed by atoms with Gasteiger partial charge in [-0.05, 0) is 81.1 Å². The molecule has 1 heterocycles. The van der Waals surface area contributed by atoms with Gasteiger partial charge in [0.15, 0.2) is 0 Å². The molecule has 2 aromatic carbocycles. The Kier molecular flexibility index (Phi) is 6.45. The van der Waals surface area contributed by atoms with Crippen LogP contribution in [-0.2, 0) is 26.0 Å². The Morgan fingerprint density at radius 1 is 1.15 bits per heavy atom. The summed E-state index contributed by atoms with van der Waals surface area (Å²) < 4.78 is 32.6. The number of anilines is 2. The molecular weight excluding hydrogens is 442 g/mol. The van der Waals surface area contributed by atoms with Crippen LogP contribution in [0.3, 0.4) is 0 Å². The second kappa shape index (κ2) is 9.15. The number of carbonyl (C=O) groups excluding carboxylic acids is 2. The molecule has 0 radical (unpaired) electrons. The van der Waals surface area contributed by atoms with Crippen LogP contribution < -0.4 is 15.0 Å². The quantitative estimate of drug-likeness (QED) is 0.639. The summed E-state index contributed by atoms with van der Waals surface area (Å²) in [5.41, 5.74) is 2.18. The molecule has 33 heavy (non-hydrogen) atoms. The lowest BCUT2D eigenvalue weighted by atomic mass is 10.1. The highest BCUT2D eigenvalue weighted by Gasteiger charge is 2.40. The third-order valence-electron chi connectivity index (χ3n) is 5.95. The van der Waals surface area contributed by atoms with E-state index in [1.54, 1.807) is 41.3 Å². The number of nitrogens with one attached hydrogen (secondary N) is 1. The Balaban J connectivity index is 1.44. The highest BCUT2D eigenvalue weighted by molar-refractivity contribution is 7.89. The molecule has 1 N–H and O–H groups in total. The lowest BCUT2D eigenvalue weighted by Crippen LogP contribution is -2.36. The van der Waals surface area contributed by atoms with Gasteiger partial charge in [-0.2, -0.15) is 4.31 Å². The predicted octanol–water partition coefficient (Wildman–Crippen LogP) is 3.03. The molecule has 0 spiro atoms. The molecule has 0 saturated heterocycles. The van der Waals surface area contributed by atoms with Crippen LogP contribution in [0.1, 0.15) is 32.3 Å². The fourth-order valence-electron chi connectivity index (χ4n) is 4.10. The fourth-order valence-corrected chi connectivity index (χ4v) is 5.28. The van der Waals surface area contributed by atoms with Crippen molar-refractivity contribution in [1.29, 1.82) is 0 Å². The van der Waals surface area contributed by atoms with E-state index in [1.165, 1.54) is 13.1 Å². The lowest BCUT2D eigenvalue weighted by Gasteiger charge is -2.23. The zero-order valence-corrected chi connectivity index (χ0v) is 19.9. The minimum absolute atomic E-state index is 0.00340.